The van der Waals surface area contributed by atoms with Crippen LogP contribution in [0.3, 0.4) is 0 Å². The molecule has 164 valence electrons. The van der Waals surface area contributed by atoms with Crippen LogP contribution in [0.2, 0.25) is 0 Å². The van der Waals surface area contributed by atoms with E-state index in [0.29, 0.717) is 0 Å². The number of hydrogen-bond acceptors (Lipinski definition) is 5. The fraction of sp³-hybridized carbons (Fsp3) is 0.522. The number of hydrogen-bond donors (Lipinski definition) is 1. The molecule has 3 aromatic rings. The van der Waals surface area contributed by atoms with Crippen molar-refractivity contribution in [3.8, 4) is 0 Å². The minimum Gasteiger partial charge on any atom is -0.355 e. The number of aryl methyl sites for hydroxylation is 2. The highest BCUT2D eigenvalue weighted by Crippen LogP contribution is 2.32. The molecule has 5 rings (SSSR count). The summed E-state index contributed by atoms with van der Waals surface area (Å²) in [4.78, 5) is 22.5. The number of piperidine rings is 1. The number of rotatable bonds is 4. The van der Waals surface area contributed by atoms with Crippen LogP contribution in [0.4, 0.5) is 5.82 Å². The van der Waals surface area contributed by atoms with Gasteiger partial charge in [0.25, 0.3) is 5.91 Å². The van der Waals surface area contributed by atoms with E-state index in [2.05, 4.69) is 18.7 Å². The van der Waals surface area contributed by atoms with Crippen LogP contribution in [0, 0.1) is 6.92 Å². The number of carbonyl (C=O) groups is 1. The molecule has 0 radical (unpaired) electrons. The van der Waals surface area contributed by atoms with Crippen molar-refractivity contribution in [2.75, 3.05) is 24.5 Å². The normalized spacial score (nSPS) is 21.9. The zero-order valence-corrected chi connectivity index (χ0v) is 18.4. The lowest BCUT2D eigenvalue weighted by Gasteiger charge is -2.34. The van der Waals surface area contributed by atoms with Crippen molar-refractivity contribution < 1.29 is 4.79 Å². The molecule has 0 aromatic carbocycles. The number of carbonyl (C=O) groups excluding carboxylic acids is 1. The van der Waals surface area contributed by atoms with Gasteiger partial charge in [-0.3, -0.25) is 4.79 Å². The van der Waals surface area contributed by atoms with E-state index < -0.39 is 0 Å². The summed E-state index contributed by atoms with van der Waals surface area (Å²) in [5, 5.41) is 4.84. The van der Waals surface area contributed by atoms with Gasteiger partial charge >= 0.3 is 0 Å². The smallest absolute Gasteiger partial charge is 0.255 e. The molecule has 0 spiro atoms. The summed E-state index contributed by atoms with van der Waals surface area (Å²) >= 11 is 0. The number of nitrogens with two attached hydrogens (primary N) is 1. The second-order valence-corrected chi connectivity index (χ2v) is 8.86. The third-order valence-electron chi connectivity index (χ3n) is 6.62. The zero-order chi connectivity index (χ0) is 21.5. The van der Waals surface area contributed by atoms with E-state index in [1.165, 1.54) is 0 Å². The molecule has 8 nitrogen and oxygen atoms in total. The maximum Gasteiger partial charge on any atom is 0.255 e. The number of amides is 1. The van der Waals surface area contributed by atoms with Gasteiger partial charge in [-0.2, -0.15) is 5.10 Å². The fourth-order valence-corrected chi connectivity index (χ4v) is 4.89. The highest BCUT2D eigenvalue weighted by molar-refractivity contribution is 5.94. The lowest BCUT2D eigenvalue weighted by molar-refractivity contribution is 0.0605. The third kappa shape index (κ3) is 3.69. The largest absolute Gasteiger partial charge is 0.355 e. The first-order valence-electron chi connectivity index (χ1n) is 11.4. The molecule has 2 saturated heterocycles. The molecule has 0 saturated carbocycles. The van der Waals surface area contributed by atoms with Gasteiger partial charge in [-0.15, -0.1) is 0 Å². The Labute approximate surface area is 182 Å². The molecule has 0 aliphatic carbocycles. The van der Waals surface area contributed by atoms with E-state index in [1.807, 2.05) is 44.7 Å². The molecule has 2 aliphatic heterocycles. The van der Waals surface area contributed by atoms with E-state index in [4.69, 9.17) is 15.8 Å². The molecular formula is C23H31N7O. The van der Waals surface area contributed by atoms with Crippen LogP contribution >= 0.6 is 0 Å². The van der Waals surface area contributed by atoms with Gasteiger partial charge in [-0.25, -0.2) is 9.50 Å². The quantitative estimate of drug-likeness (QED) is 0.700. The Hall–Kier alpha value is -2.87. The Kier molecular flexibility index (Phi) is 5.17. The van der Waals surface area contributed by atoms with Crippen LogP contribution in [0.5, 0.6) is 0 Å². The van der Waals surface area contributed by atoms with Crippen molar-refractivity contribution in [1.82, 2.24) is 24.1 Å². The standard InChI is InChI=1S/C23H31N7O/c1-3-27-10-7-17(14-27)23(31)29-9-5-4-6-20(29)19-12-21-25-22(16(2)13-30(21)26-19)28-11-8-18(24)15-28/h7,10,12-14,18,20H,3-6,8-9,11,15,24H2,1-2H3/t18-,20-/m0/s1. The van der Waals surface area contributed by atoms with Gasteiger partial charge in [0.2, 0.25) is 0 Å². The topological polar surface area (TPSA) is 84.7 Å². The maximum atomic E-state index is 13.3. The Morgan fingerprint density at radius 1 is 1.23 bits per heavy atom. The SMILES string of the molecule is CCn1ccc(C(=O)N2CCCC[C@H]2c2cc3nc(N4CC[C@H](N)C4)c(C)cn3n2)c1. The van der Waals surface area contributed by atoms with Crippen LogP contribution in [-0.4, -0.2) is 55.6 Å². The molecule has 3 aromatic heterocycles. The average Bonchev–Trinajstić information content (AvgIpc) is 3.51. The predicted molar refractivity (Wildman–Crippen MR) is 120 cm³/mol. The molecule has 0 unspecified atom stereocenters. The minimum absolute atomic E-state index is 0.0168. The van der Waals surface area contributed by atoms with Gasteiger partial charge in [0.15, 0.2) is 5.65 Å². The Morgan fingerprint density at radius 3 is 2.84 bits per heavy atom. The first kappa shape index (κ1) is 20.1. The lowest BCUT2D eigenvalue weighted by Crippen LogP contribution is -2.38. The first-order valence-corrected chi connectivity index (χ1v) is 11.4. The molecule has 2 aliphatic rings. The zero-order valence-electron chi connectivity index (χ0n) is 18.4. The molecule has 2 atom stereocenters. The average molecular weight is 422 g/mol. The van der Waals surface area contributed by atoms with Crippen molar-refractivity contribution >= 4 is 17.4 Å². The lowest BCUT2D eigenvalue weighted by atomic mass is 9.98. The Bertz CT molecular complexity index is 1100. The van der Waals surface area contributed by atoms with Crippen LogP contribution < -0.4 is 10.6 Å². The van der Waals surface area contributed by atoms with Gasteiger partial charge in [0.05, 0.1) is 17.3 Å². The van der Waals surface area contributed by atoms with Crippen LogP contribution in [0.25, 0.3) is 5.65 Å². The van der Waals surface area contributed by atoms with Crippen molar-refractivity contribution in [3.63, 3.8) is 0 Å². The number of nitrogens with zero attached hydrogens (tertiary/aromatic N) is 6. The second-order valence-electron chi connectivity index (χ2n) is 8.86. The summed E-state index contributed by atoms with van der Waals surface area (Å²) in [6, 6.07) is 4.16. The van der Waals surface area contributed by atoms with E-state index in [-0.39, 0.29) is 18.0 Å². The number of anilines is 1. The highest BCUT2D eigenvalue weighted by Gasteiger charge is 2.31. The molecule has 2 N–H and O–H groups in total. The second kappa shape index (κ2) is 8.00. The van der Waals surface area contributed by atoms with E-state index >= 15 is 0 Å². The third-order valence-corrected chi connectivity index (χ3v) is 6.62. The van der Waals surface area contributed by atoms with Gasteiger partial charge in [-0.1, -0.05) is 0 Å². The van der Waals surface area contributed by atoms with Gasteiger partial charge in [-0.05, 0) is 45.6 Å². The fourth-order valence-electron chi connectivity index (χ4n) is 4.89. The van der Waals surface area contributed by atoms with E-state index in [1.54, 1.807) is 0 Å². The molecule has 8 heteroatoms. The van der Waals surface area contributed by atoms with Crippen molar-refractivity contribution in [2.24, 2.45) is 5.73 Å². The molecular weight excluding hydrogens is 390 g/mol. The summed E-state index contributed by atoms with van der Waals surface area (Å²) < 4.78 is 3.89. The van der Waals surface area contributed by atoms with Crippen molar-refractivity contribution in [3.05, 3.63) is 47.5 Å². The summed E-state index contributed by atoms with van der Waals surface area (Å²) in [5.74, 6) is 1.08. The summed E-state index contributed by atoms with van der Waals surface area (Å²) in [6.45, 7) is 7.55. The summed E-state index contributed by atoms with van der Waals surface area (Å²) in [5.41, 5.74) is 9.69. The Balaban J connectivity index is 1.45. The van der Waals surface area contributed by atoms with Crippen LogP contribution in [0.1, 0.15) is 60.3 Å². The van der Waals surface area contributed by atoms with Gasteiger partial charge in [0, 0.05) is 62.4 Å². The molecule has 0 bridgehead atoms. The van der Waals surface area contributed by atoms with E-state index in [0.717, 1.165) is 80.1 Å². The van der Waals surface area contributed by atoms with Gasteiger partial charge in [0.1, 0.15) is 5.82 Å². The van der Waals surface area contributed by atoms with Crippen LogP contribution in [0.15, 0.2) is 30.7 Å². The minimum atomic E-state index is -0.0168. The summed E-state index contributed by atoms with van der Waals surface area (Å²) in [7, 11) is 0. The van der Waals surface area contributed by atoms with E-state index in [9.17, 15) is 4.79 Å². The number of fused-ring (bicyclic) bond motifs is 1. The molecule has 5 heterocycles. The summed E-state index contributed by atoms with van der Waals surface area (Å²) in [6.07, 6.45) is 10.0. The van der Waals surface area contributed by atoms with Crippen LogP contribution in [-0.2, 0) is 6.54 Å². The molecule has 1 amide bonds. The number of aromatic nitrogens is 4. The maximum absolute atomic E-state index is 13.3. The van der Waals surface area contributed by atoms with Gasteiger partial charge < -0.3 is 20.1 Å². The predicted octanol–water partition coefficient (Wildman–Crippen LogP) is 2.76. The number of likely N-dealkylation sites (tertiary alicyclic amines) is 1. The monoisotopic (exact) mass is 421 g/mol. The Morgan fingerprint density at radius 2 is 2.10 bits per heavy atom. The molecule has 2 fully saturated rings. The van der Waals surface area contributed by atoms with Crippen molar-refractivity contribution in [2.45, 2.75) is 58.2 Å². The molecule has 31 heavy (non-hydrogen) atoms. The highest BCUT2D eigenvalue weighted by atomic mass is 16.2. The van der Waals surface area contributed by atoms with Crippen molar-refractivity contribution in [1.29, 1.82) is 0 Å². The first-order chi connectivity index (χ1) is 15.0.